The Hall–Kier alpha value is -1.51. The Labute approximate surface area is 163 Å². The van der Waals surface area contributed by atoms with Crippen LogP contribution in [0.15, 0.2) is 22.7 Å². The van der Waals surface area contributed by atoms with Crippen molar-refractivity contribution in [3.8, 4) is 0 Å². The highest BCUT2D eigenvalue weighted by atomic mass is 79.9. The topological polar surface area (TPSA) is 76.1 Å². The first-order chi connectivity index (χ1) is 12.5. The molecule has 0 bridgehead atoms. The fraction of sp³-hybridized carbons (Fsp3) is 0.500. The number of amides is 1. The molecule has 10 heteroatoms. The summed E-state index contributed by atoms with van der Waals surface area (Å²) in [5.74, 6) is 0.575. The van der Waals surface area contributed by atoms with Gasteiger partial charge in [-0.1, -0.05) is 0 Å². The number of nitrogens with zero attached hydrogens (tertiary/aromatic N) is 3. The largest absolute Gasteiger partial charge is 0.437 e. The van der Waals surface area contributed by atoms with Crippen molar-refractivity contribution in [2.45, 2.75) is 6.82 Å². The Morgan fingerprint density at radius 2 is 2.19 bits per heavy atom. The maximum absolute atomic E-state index is 12.5. The second-order valence-corrected chi connectivity index (χ2v) is 7.68. The summed E-state index contributed by atoms with van der Waals surface area (Å²) in [6.45, 7) is 6.05. The lowest BCUT2D eigenvalue weighted by Gasteiger charge is -2.44. The Morgan fingerprint density at radius 1 is 1.42 bits per heavy atom. The van der Waals surface area contributed by atoms with E-state index in [4.69, 9.17) is 0 Å². The van der Waals surface area contributed by atoms with Crippen LogP contribution in [0.2, 0.25) is 6.82 Å². The number of hydrogen-bond acceptors (Lipinski definition) is 6. The Bertz CT molecular complexity index is 673. The minimum atomic E-state index is -0.407. The van der Waals surface area contributed by atoms with Crippen molar-refractivity contribution in [2.75, 3.05) is 49.4 Å². The number of nitrogens with one attached hydrogen (secondary N) is 1. The standard InChI is InChI=1S/C16H22B2BrN4O3/c1-18(26)23-8-12(9-23)7-22-5-4-21(10-16(22)25)13-2-3-14(19)15(6-13)20-17-11-24/h2-3,6,11-12,20,26H,4-5,7-10H2,1H3. The number of rotatable bonds is 7. The van der Waals surface area contributed by atoms with Crippen LogP contribution in [-0.4, -0.2) is 80.6 Å². The van der Waals surface area contributed by atoms with E-state index in [2.05, 4.69) is 26.1 Å². The summed E-state index contributed by atoms with van der Waals surface area (Å²) >= 11 is 3.45. The SMILES string of the molecule is CB(O)N1CC(CN2CCN(c3ccc(Br)c(N[B]C=O)c3)CC2=O)C1. The van der Waals surface area contributed by atoms with Crippen molar-refractivity contribution in [3.63, 3.8) is 0 Å². The summed E-state index contributed by atoms with van der Waals surface area (Å²) in [7, 11) is 0.928. The van der Waals surface area contributed by atoms with Gasteiger partial charge in [0.1, 0.15) is 6.19 Å². The van der Waals surface area contributed by atoms with Gasteiger partial charge in [0.25, 0.3) is 0 Å². The minimum Gasteiger partial charge on any atom is -0.437 e. The van der Waals surface area contributed by atoms with E-state index < -0.39 is 7.05 Å². The molecule has 0 aliphatic carbocycles. The second kappa shape index (κ2) is 8.45. The molecule has 137 valence electrons. The van der Waals surface area contributed by atoms with Gasteiger partial charge < -0.3 is 29.7 Å². The molecule has 2 saturated heterocycles. The number of carbonyl (C=O) groups excluding carboxylic acids is 2. The van der Waals surface area contributed by atoms with Crippen LogP contribution in [0, 0.1) is 5.92 Å². The van der Waals surface area contributed by atoms with Gasteiger partial charge in [0.2, 0.25) is 5.91 Å². The number of benzene rings is 1. The Balaban J connectivity index is 1.55. The van der Waals surface area contributed by atoms with Gasteiger partial charge in [-0.25, -0.2) is 0 Å². The predicted octanol–water partition coefficient (Wildman–Crippen LogP) is 0.361. The lowest BCUT2D eigenvalue weighted by Crippen LogP contribution is -2.59. The molecule has 26 heavy (non-hydrogen) atoms. The van der Waals surface area contributed by atoms with Crippen molar-refractivity contribution in [1.82, 2.24) is 9.71 Å². The lowest BCUT2D eigenvalue weighted by molar-refractivity contribution is -0.132. The first-order valence-corrected chi connectivity index (χ1v) is 9.55. The van der Waals surface area contributed by atoms with E-state index in [-0.39, 0.29) is 5.91 Å². The van der Waals surface area contributed by atoms with Gasteiger partial charge in [0, 0.05) is 41.4 Å². The molecule has 2 N–H and O–H groups in total. The smallest absolute Gasteiger partial charge is 0.376 e. The zero-order valence-electron chi connectivity index (χ0n) is 14.8. The number of anilines is 2. The molecule has 0 unspecified atom stereocenters. The zero-order valence-corrected chi connectivity index (χ0v) is 16.4. The van der Waals surface area contributed by atoms with E-state index in [0.29, 0.717) is 25.2 Å². The van der Waals surface area contributed by atoms with E-state index in [9.17, 15) is 14.6 Å². The van der Waals surface area contributed by atoms with Crippen LogP contribution in [0.5, 0.6) is 0 Å². The van der Waals surface area contributed by atoms with Crippen molar-refractivity contribution in [1.29, 1.82) is 0 Å². The van der Waals surface area contributed by atoms with Crippen LogP contribution >= 0.6 is 15.9 Å². The molecule has 0 spiro atoms. The molecular formula is C16H22B2BrN4O3. The first kappa shape index (κ1) is 19.3. The van der Waals surface area contributed by atoms with Crippen LogP contribution in [-0.2, 0) is 9.59 Å². The zero-order chi connectivity index (χ0) is 18.7. The number of piperazine rings is 1. The Kier molecular flexibility index (Phi) is 6.26. The third-order valence-electron chi connectivity index (χ3n) is 4.93. The molecule has 2 fully saturated rings. The minimum absolute atomic E-state index is 0.128. The van der Waals surface area contributed by atoms with Gasteiger partial charge in [-0.2, -0.15) is 0 Å². The molecule has 1 amide bonds. The molecule has 1 aromatic rings. The molecule has 2 aliphatic heterocycles. The van der Waals surface area contributed by atoms with Crippen molar-refractivity contribution < 1.29 is 14.6 Å². The number of hydrogen-bond donors (Lipinski definition) is 2. The summed E-state index contributed by atoms with van der Waals surface area (Å²) in [5, 5.41) is 12.4. The van der Waals surface area contributed by atoms with Gasteiger partial charge in [0.15, 0.2) is 0 Å². The maximum atomic E-state index is 12.5. The van der Waals surface area contributed by atoms with Gasteiger partial charge in [0.05, 0.1) is 6.54 Å². The summed E-state index contributed by atoms with van der Waals surface area (Å²) in [5.41, 5.74) is 1.74. The van der Waals surface area contributed by atoms with Crippen molar-refractivity contribution in [3.05, 3.63) is 22.7 Å². The molecule has 0 atom stereocenters. The van der Waals surface area contributed by atoms with Crippen LogP contribution in [0.3, 0.4) is 0 Å². The van der Waals surface area contributed by atoms with Crippen LogP contribution < -0.4 is 10.1 Å². The monoisotopic (exact) mass is 419 g/mol. The molecule has 2 aliphatic rings. The van der Waals surface area contributed by atoms with E-state index in [1.165, 1.54) is 7.41 Å². The molecule has 0 aromatic heterocycles. The van der Waals surface area contributed by atoms with E-state index in [1.54, 1.807) is 6.82 Å². The lowest BCUT2D eigenvalue weighted by atomic mass is 9.78. The van der Waals surface area contributed by atoms with Crippen LogP contribution in [0.4, 0.5) is 11.4 Å². The third kappa shape index (κ3) is 4.42. The van der Waals surface area contributed by atoms with E-state index in [0.717, 1.165) is 42.0 Å². The van der Waals surface area contributed by atoms with E-state index >= 15 is 0 Å². The summed E-state index contributed by atoms with van der Waals surface area (Å²) in [4.78, 5) is 29.0. The highest BCUT2D eigenvalue weighted by molar-refractivity contribution is 9.10. The molecule has 1 aromatic carbocycles. The number of halogens is 1. The summed E-state index contributed by atoms with van der Waals surface area (Å²) in [6, 6.07) is 5.80. The van der Waals surface area contributed by atoms with E-state index in [1.807, 2.05) is 27.9 Å². The average Bonchev–Trinajstić information content (AvgIpc) is 2.57. The summed E-state index contributed by atoms with van der Waals surface area (Å²) < 4.78 is 0.858. The van der Waals surface area contributed by atoms with Crippen LogP contribution in [0.25, 0.3) is 0 Å². The second-order valence-electron chi connectivity index (χ2n) is 6.82. The van der Waals surface area contributed by atoms with Gasteiger partial charge in [-0.05, 0) is 54.0 Å². The van der Waals surface area contributed by atoms with Gasteiger partial charge >= 0.3 is 14.5 Å². The third-order valence-corrected chi connectivity index (χ3v) is 5.62. The summed E-state index contributed by atoms with van der Waals surface area (Å²) in [6.07, 6.45) is 0.695. The first-order valence-electron chi connectivity index (χ1n) is 8.76. The molecule has 2 heterocycles. The van der Waals surface area contributed by atoms with Crippen LogP contribution in [0.1, 0.15) is 0 Å². The van der Waals surface area contributed by atoms with Crippen molar-refractivity contribution in [2.24, 2.45) is 5.92 Å². The predicted molar refractivity (Wildman–Crippen MR) is 108 cm³/mol. The number of carbonyl (C=O) groups is 2. The molecule has 3 rings (SSSR count). The molecule has 1 radical (unpaired) electrons. The van der Waals surface area contributed by atoms with Crippen molar-refractivity contribution >= 4 is 53.9 Å². The maximum Gasteiger partial charge on any atom is 0.376 e. The quantitative estimate of drug-likeness (QED) is 0.491. The normalized spacial score (nSPS) is 18.5. The molecule has 7 nitrogen and oxygen atoms in total. The highest BCUT2D eigenvalue weighted by Gasteiger charge is 2.34. The fourth-order valence-electron chi connectivity index (χ4n) is 3.41. The van der Waals surface area contributed by atoms with Gasteiger partial charge in [-0.3, -0.25) is 4.79 Å². The molecule has 0 saturated carbocycles. The fourth-order valence-corrected chi connectivity index (χ4v) is 3.77. The highest BCUT2D eigenvalue weighted by Crippen LogP contribution is 2.28. The average molecular weight is 420 g/mol. The van der Waals surface area contributed by atoms with Gasteiger partial charge in [-0.15, -0.1) is 0 Å². The Morgan fingerprint density at radius 3 is 2.85 bits per heavy atom. The molecular weight excluding hydrogens is 398 g/mol.